The van der Waals surface area contributed by atoms with E-state index < -0.39 is 22.0 Å². The minimum absolute atomic E-state index is 0.0392. The molecule has 2 rings (SSSR count). The van der Waals surface area contributed by atoms with Crippen LogP contribution < -0.4 is 9.64 Å². The molecule has 0 N–H and O–H groups in total. The third kappa shape index (κ3) is 3.52. The molecule has 1 unspecified atom stereocenters. The molecule has 1 atom stereocenters. The number of nitrogens with zero attached hydrogens (tertiary/aromatic N) is 1. The van der Waals surface area contributed by atoms with Gasteiger partial charge < -0.3 is 9.47 Å². The Morgan fingerprint density at radius 2 is 2.14 bits per heavy atom. The number of methoxy groups -OCH3 is 1. The van der Waals surface area contributed by atoms with Gasteiger partial charge in [0.15, 0.2) is 9.84 Å². The van der Waals surface area contributed by atoms with Gasteiger partial charge >= 0.3 is 6.09 Å². The Bertz CT molecular complexity index is 656. The number of anilines is 1. The van der Waals surface area contributed by atoms with Gasteiger partial charge in [0.05, 0.1) is 37.0 Å². The first-order valence-corrected chi connectivity index (χ1v) is 9.01. The lowest BCUT2D eigenvalue weighted by Crippen LogP contribution is -2.42. The van der Waals surface area contributed by atoms with Crippen molar-refractivity contribution in [2.45, 2.75) is 26.3 Å². The highest BCUT2D eigenvalue weighted by molar-refractivity contribution is 7.91. The van der Waals surface area contributed by atoms with E-state index in [-0.39, 0.29) is 18.1 Å². The molecule has 0 bridgehead atoms. The molecule has 0 aliphatic carbocycles. The fourth-order valence-corrected chi connectivity index (χ4v) is 4.29. The van der Waals surface area contributed by atoms with Crippen LogP contribution in [0.4, 0.5) is 10.5 Å². The summed E-state index contributed by atoms with van der Waals surface area (Å²) >= 11 is 0. The third-order valence-corrected chi connectivity index (χ3v) is 5.46. The van der Waals surface area contributed by atoms with E-state index >= 15 is 0 Å². The molecule has 1 heterocycles. The maximum Gasteiger partial charge on any atom is 0.414 e. The molecular weight excluding hydrogens is 306 g/mol. The smallest absolute Gasteiger partial charge is 0.414 e. The Labute approximate surface area is 130 Å². The summed E-state index contributed by atoms with van der Waals surface area (Å²) in [6.07, 6.45) is -0.112. The van der Waals surface area contributed by atoms with Crippen LogP contribution in [0.15, 0.2) is 18.2 Å². The van der Waals surface area contributed by atoms with Crippen molar-refractivity contribution >= 4 is 21.6 Å². The molecule has 1 amide bonds. The van der Waals surface area contributed by atoms with Crippen LogP contribution in [0.5, 0.6) is 5.75 Å². The zero-order chi connectivity index (χ0) is 16.3. The largest absolute Gasteiger partial charge is 0.497 e. The van der Waals surface area contributed by atoms with Crippen LogP contribution in [0.25, 0.3) is 0 Å². The summed E-state index contributed by atoms with van der Waals surface area (Å²) < 4.78 is 33.8. The first kappa shape index (κ1) is 16.6. The van der Waals surface area contributed by atoms with E-state index in [1.807, 2.05) is 13.0 Å². The van der Waals surface area contributed by atoms with Crippen molar-refractivity contribution in [3.63, 3.8) is 0 Å². The Morgan fingerprint density at radius 3 is 2.68 bits per heavy atom. The Kier molecular flexibility index (Phi) is 4.95. The summed E-state index contributed by atoms with van der Waals surface area (Å²) in [6, 6.07) is 4.96. The van der Waals surface area contributed by atoms with E-state index in [1.165, 1.54) is 4.90 Å². The number of hydrogen-bond acceptors (Lipinski definition) is 5. The quantitative estimate of drug-likeness (QED) is 0.847. The maximum atomic E-state index is 12.4. The van der Waals surface area contributed by atoms with Crippen LogP contribution in [0, 0.1) is 6.92 Å². The van der Waals surface area contributed by atoms with Gasteiger partial charge in [0.1, 0.15) is 5.75 Å². The molecule has 0 aromatic heterocycles. The van der Waals surface area contributed by atoms with Crippen LogP contribution in [0.3, 0.4) is 0 Å². The third-order valence-electron chi connectivity index (χ3n) is 3.71. The Balaban J connectivity index is 2.43. The lowest BCUT2D eigenvalue weighted by atomic mass is 10.1. The highest BCUT2D eigenvalue weighted by Gasteiger charge is 2.37. The van der Waals surface area contributed by atoms with Crippen LogP contribution in [-0.4, -0.2) is 45.8 Å². The van der Waals surface area contributed by atoms with Gasteiger partial charge in [-0.15, -0.1) is 0 Å². The summed E-state index contributed by atoms with van der Waals surface area (Å²) in [5, 5.41) is 0. The van der Waals surface area contributed by atoms with Crippen molar-refractivity contribution in [1.82, 2.24) is 0 Å². The first-order chi connectivity index (χ1) is 10.4. The van der Waals surface area contributed by atoms with Crippen molar-refractivity contribution in [3.8, 4) is 5.75 Å². The van der Waals surface area contributed by atoms with Crippen LogP contribution >= 0.6 is 0 Å². The zero-order valence-electron chi connectivity index (χ0n) is 13.0. The zero-order valence-corrected chi connectivity index (χ0v) is 13.9. The minimum atomic E-state index is -3.11. The molecule has 0 radical (unpaired) electrons. The van der Waals surface area contributed by atoms with Crippen molar-refractivity contribution in [1.29, 1.82) is 0 Å². The molecule has 0 saturated carbocycles. The van der Waals surface area contributed by atoms with Gasteiger partial charge in [-0.2, -0.15) is 0 Å². The van der Waals surface area contributed by atoms with Gasteiger partial charge in [0, 0.05) is 6.07 Å². The number of ether oxygens (including phenoxy) is 2. The number of rotatable bonds is 4. The van der Waals surface area contributed by atoms with E-state index in [0.717, 1.165) is 5.56 Å². The minimum Gasteiger partial charge on any atom is -0.497 e. The standard InChI is InChI=1S/C15H21NO5S/c1-4-21-15(17)16(12-7-8-22(18,19)10-12)14-9-13(20-3)6-5-11(14)2/h5-6,9,12H,4,7-8,10H2,1-3H3. The maximum absolute atomic E-state index is 12.4. The van der Waals surface area contributed by atoms with E-state index in [0.29, 0.717) is 17.9 Å². The SMILES string of the molecule is CCOC(=O)N(c1cc(OC)ccc1C)C1CCS(=O)(=O)C1. The summed E-state index contributed by atoms with van der Waals surface area (Å²) in [6.45, 7) is 3.82. The molecule has 1 saturated heterocycles. The van der Waals surface area contributed by atoms with Gasteiger partial charge in [-0.25, -0.2) is 13.2 Å². The number of benzene rings is 1. The average molecular weight is 327 g/mol. The topological polar surface area (TPSA) is 72.9 Å². The van der Waals surface area contributed by atoms with Crippen LogP contribution in [0.1, 0.15) is 18.9 Å². The monoisotopic (exact) mass is 327 g/mol. The molecule has 1 aromatic rings. The molecular formula is C15H21NO5S. The van der Waals surface area contributed by atoms with E-state index in [4.69, 9.17) is 9.47 Å². The molecule has 0 spiro atoms. The van der Waals surface area contributed by atoms with Crippen molar-refractivity contribution in [3.05, 3.63) is 23.8 Å². The van der Waals surface area contributed by atoms with Gasteiger partial charge in [-0.1, -0.05) is 6.07 Å². The Morgan fingerprint density at radius 1 is 1.41 bits per heavy atom. The van der Waals surface area contributed by atoms with E-state index in [2.05, 4.69) is 0 Å². The van der Waals surface area contributed by atoms with E-state index in [9.17, 15) is 13.2 Å². The molecule has 6 nitrogen and oxygen atoms in total. The molecule has 7 heteroatoms. The summed E-state index contributed by atoms with van der Waals surface area (Å²) in [7, 11) is -1.56. The van der Waals surface area contributed by atoms with Crippen molar-refractivity contribution < 1.29 is 22.7 Å². The molecule has 1 fully saturated rings. The second-order valence-corrected chi connectivity index (χ2v) is 7.51. The highest BCUT2D eigenvalue weighted by atomic mass is 32.2. The predicted octanol–water partition coefficient (Wildman–Crippen LogP) is 2.15. The van der Waals surface area contributed by atoms with Gasteiger partial charge in [-0.05, 0) is 31.9 Å². The molecule has 1 aliphatic heterocycles. The second-order valence-electron chi connectivity index (χ2n) is 5.28. The fourth-order valence-electron chi connectivity index (χ4n) is 2.59. The Hall–Kier alpha value is -1.76. The number of aryl methyl sites for hydroxylation is 1. The number of carbonyl (C=O) groups excluding carboxylic acids is 1. The van der Waals surface area contributed by atoms with Gasteiger partial charge in [-0.3, -0.25) is 4.90 Å². The van der Waals surface area contributed by atoms with Crippen LogP contribution in [-0.2, 0) is 14.6 Å². The van der Waals surface area contributed by atoms with Crippen molar-refractivity contribution in [2.75, 3.05) is 30.1 Å². The predicted molar refractivity (Wildman–Crippen MR) is 84.3 cm³/mol. The van der Waals surface area contributed by atoms with Gasteiger partial charge in [0.2, 0.25) is 0 Å². The van der Waals surface area contributed by atoms with Crippen LogP contribution in [0.2, 0.25) is 0 Å². The fraction of sp³-hybridized carbons (Fsp3) is 0.533. The normalized spacial score (nSPS) is 19.7. The molecule has 122 valence electrons. The molecule has 1 aromatic carbocycles. The second kappa shape index (κ2) is 6.56. The lowest BCUT2D eigenvalue weighted by molar-refractivity contribution is 0.157. The first-order valence-electron chi connectivity index (χ1n) is 7.19. The number of sulfone groups is 1. The summed E-state index contributed by atoms with van der Waals surface area (Å²) in [5.74, 6) is 0.662. The van der Waals surface area contributed by atoms with E-state index in [1.54, 1.807) is 26.2 Å². The average Bonchev–Trinajstić information content (AvgIpc) is 2.81. The highest BCUT2D eigenvalue weighted by Crippen LogP contribution is 2.31. The van der Waals surface area contributed by atoms with Gasteiger partial charge in [0.25, 0.3) is 0 Å². The summed E-state index contributed by atoms with van der Waals surface area (Å²) in [4.78, 5) is 13.8. The lowest BCUT2D eigenvalue weighted by Gasteiger charge is -2.29. The number of carbonyl (C=O) groups is 1. The number of amides is 1. The molecule has 1 aliphatic rings. The van der Waals surface area contributed by atoms with Crippen molar-refractivity contribution in [2.24, 2.45) is 0 Å². The molecule has 22 heavy (non-hydrogen) atoms. The number of hydrogen-bond donors (Lipinski definition) is 0. The summed E-state index contributed by atoms with van der Waals surface area (Å²) in [5.41, 5.74) is 1.48.